The maximum Gasteiger partial charge on any atom is 0.307 e. The Morgan fingerprint density at radius 1 is 1.00 bits per heavy atom. The first kappa shape index (κ1) is 17.6. The van der Waals surface area contributed by atoms with Crippen molar-refractivity contribution in [1.82, 2.24) is 0 Å². The van der Waals surface area contributed by atoms with Gasteiger partial charge in [0.25, 0.3) is 0 Å². The van der Waals surface area contributed by atoms with E-state index in [0.717, 1.165) is 0 Å². The third-order valence-corrected chi connectivity index (χ3v) is 6.59. The molecule has 0 spiro atoms. The average molecular weight is 394 g/mol. The monoisotopic (exact) mass is 394 g/mol. The highest BCUT2D eigenvalue weighted by atomic mass is 16.4. The number of phenolic OH excluding ortho intramolecular Hbond substituents is 3. The molecule has 5 rings (SSSR count). The summed E-state index contributed by atoms with van der Waals surface area (Å²) in [5.41, 5.74) is 0.256. The van der Waals surface area contributed by atoms with Crippen LogP contribution in [-0.4, -0.2) is 26.4 Å². The van der Waals surface area contributed by atoms with E-state index in [2.05, 4.69) is 0 Å². The van der Waals surface area contributed by atoms with E-state index in [4.69, 9.17) is 4.42 Å². The molecule has 148 valence electrons. The number of carboxylic acid groups (broad SMARTS) is 1. The summed E-state index contributed by atoms with van der Waals surface area (Å²) in [6.07, 6.45) is 3.96. The van der Waals surface area contributed by atoms with E-state index >= 15 is 0 Å². The van der Waals surface area contributed by atoms with Gasteiger partial charge in [-0.1, -0.05) is 19.1 Å². The molecule has 0 radical (unpaired) electrons. The zero-order valence-corrected chi connectivity index (χ0v) is 15.4. The fraction of sp³-hybridized carbons (Fsp3) is 0.273. The number of phenols is 3. The molecule has 1 heterocycles. The standard InChI is InChI=1S/C22H18O7/c1-8-9-2-3-10(8)17(22(27)28)16(9)15-11-4-6-13(23)18(25)20(11)29-21-12(15)5-7-14(24)19(21)26/h2-10,16-17,23,25-26H,1H3,(H,27,28)/t8-,9-,10-,16-,17+/m0/s1. The molecule has 2 bridgehead atoms. The van der Waals surface area contributed by atoms with E-state index in [1.807, 2.05) is 19.1 Å². The van der Waals surface area contributed by atoms with Crippen molar-refractivity contribution in [3.05, 3.63) is 52.2 Å². The summed E-state index contributed by atoms with van der Waals surface area (Å²) < 4.78 is 5.65. The van der Waals surface area contributed by atoms with E-state index in [9.17, 15) is 30.0 Å². The van der Waals surface area contributed by atoms with Crippen LogP contribution in [0, 0.1) is 23.7 Å². The number of allylic oxidation sites excluding steroid dienone is 2. The second-order valence-corrected chi connectivity index (χ2v) is 7.90. The number of carboxylic acids is 1. The van der Waals surface area contributed by atoms with Crippen LogP contribution in [0.2, 0.25) is 0 Å². The van der Waals surface area contributed by atoms with Crippen LogP contribution < -0.4 is 5.43 Å². The van der Waals surface area contributed by atoms with Crippen molar-refractivity contribution in [3.63, 3.8) is 0 Å². The largest absolute Gasteiger partial charge is 0.504 e. The number of aromatic hydroxyl groups is 3. The number of aliphatic carboxylic acids is 1. The van der Waals surface area contributed by atoms with Gasteiger partial charge in [-0.05, 0) is 47.6 Å². The van der Waals surface area contributed by atoms with Crippen molar-refractivity contribution in [1.29, 1.82) is 0 Å². The summed E-state index contributed by atoms with van der Waals surface area (Å²) in [6.45, 7) is 2.01. The normalized spacial score (nSPS) is 27.8. The number of hydrogen-bond acceptors (Lipinski definition) is 6. The lowest BCUT2D eigenvalue weighted by Crippen LogP contribution is -2.26. The molecule has 29 heavy (non-hydrogen) atoms. The lowest BCUT2D eigenvalue weighted by molar-refractivity contribution is -0.143. The van der Waals surface area contributed by atoms with Gasteiger partial charge in [0.15, 0.2) is 17.1 Å². The van der Waals surface area contributed by atoms with Gasteiger partial charge >= 0.3 is 5.97 Å². The molecule has 4 aliphatic rings. The molecule has 1 saturated carbocycles. The SMILES string of the molecule is C[C@@H]1[C@@H]2C=C[C@@H]1[C@@H](c1c3ccc(=O)c(O)c-3oc3c(O)c(O)ccc13)[C@@H]2C(=O)O. The van der Waals surface area contributed by atoms with Crippen molar-refractivity contribution < 1.29 is 29.6 Å². The molecule has 1 fully saturated rings. The van der Waals surface area contributed by atoms with E-state index in [1.54, 1.807) is 6.07 Å². The highest BCUT2D eigenvalue weighted by Gasteiger charge is 2.54. The van der Waals surface area contributed by atoms with Crippen LogP contribution in [0.1, 0.15) is 18.4 Å². The number of benzene rings is 2. The Morgan fingerprint density at radius 2 is 1.72 bits per heavy atom. The number of fused-ring (bicyclic) bond motifs is 4. The van der Waals surface area contributed by atoms with Gasteiger partial charge in [0.1, 0.15) is 0 Å². The average Bonchev–Trinajstić information content (AvgIpc) is 3.19. The van der Waals surface area contributed by atoms with Crippen molar-refractivity contribution in [2.45, 2.75) is 12.8 Å². The Bertz CT molecular complexity index is 1240. The minimum Gasteiger partial charge on any atom is -0.504 e. The Kier molecular flexibility index (Phi) is 3.50. The fourth-order valence-corrected chi connectivity index (χ4v) is 5.28. The molecule has 5 atom stereocenters. The molecule has 7 nitrogen and oxygen atoms in total. The van der Waals surface area contributed by atoms with Crippen LogP contribution in [0.3, 0.4) is 0 Å². The first-order valence-corrected chi connectivity index (χ1v) is 9.35. The molecule has 0 amide bonds. The van der Waals surface area contributed by atoms with Gasteiger partial charge in [0.05, 0.1) is 5.92 Å². The van der Waals surface area contributed by atoms with Crippen LogP contribution in [0.15, 0.2) is 45.6 Å². The highest BCUT2D eigenvalue weighted by Crippen LogP contribution is 2.59. The van der Waals surface area contributed by atoms with Gasteiger partial charge in [-0.15, -0.1) is 0 Å². The Balaban J connectivity index is 1.93. The third-order valence-electron chi connectivity index (χ3n) is 6.59. The van der Waals surface area contributed by atoms with Gasteiger partial charge in [-0.25, -0.2) is 0 Å². The summed E-state index contributed by atoms with van der Waals surface area (Å²) in [6, 6.07) is 5.60. The number of hydrogen-bond donors (Lipinski definition) is 4. The maximum absolute atomic E-state index is 12.2. The van der Waals surface area contributed by atoms with Crippen molar-refractivity contribution in [3.8, 4) is 28.6 Å². The lowest BCUT2D eigenvalue weighted by Gasteiger charge is -2.29. The molecule has 1 aromatic rings. The van der Waals surface area contributed by atoms with Crippen molar-refractivity contribution >= 4 is 16.9 Å². The molecule has 4 N–H and O–H groups in total. The van der Waals surface area contributed by atoms with E-state index in [1.165, 1.54) is 18.2 Å². The zero-order chi connectivity index (χ0) is 20.6. The van der Waals surface area contributed by atoms with E-state index < -0.39 is 40.5 Å². The summed E-state index contributed by atoms with van der Waals surface area (Å²) >= 11 is 0. The Morgan fingerprint density at radius 3 is 2.45 bits per heavy atom. The second-order valence-electron chi connectivity index (χ2n) is 7.90. The quantitative estimate of drug-likeness (QED) is 0.298. The smallest absolute Gasteiger partial charge is 0.307 e. The fourth-order valence-electron chi connectivity index (χ4n) is 5.28. The van der Waals surface area contributed by atoms with Crippen molar-refractivity contribution in [2.24, 2.45) is 23.7 Å². The van der Waals surface area contributed by atoms with Gasteiger partial charge in [0, 0.05) is 16.9 Å². The maximum atomic E-state index is 12.2. The minimum absolute atomic E-state index is 0.0556. The predicted molar refractivity (Wildman–Crippen MR) is 103 cm³/mol. The first-order chi connectivity index (χ1) is 13.8. The van der Waals surface area contributed by atoms with Crippen LogP contribution in [0.4, 0.5) is 0 Å². The number of rotatable bonds is 2. The summed E-state index contributed by atoms with van der Waals surface area (Å²) in [7, 11) is 0. The van der Waals surface area contributed by atoms with Crippen LogP contribution in [-0.2, 0) is 4.79 Å². The Labute approximate surface area is 164 Å². The third kappa shape index (κ3) is 2.18. The summed E-state index contributed by atoms with van der Waals surface area (Å²) in [4.78, 5) is 24.2. The molecule has 7 heteroatoms. The molecule has 1 aromatic carbocycles. The van der Waals surface area contributed by atoms with E-state index in [0.29, 0.717) is 16.5 Å². The molecule has 0 aromatic heterocycles. The topological polar surface area (TPSA) is 128 Å². The van der Waals surface area contributed by atoms with Crippen LogP contribution >= 0.6 is 0 Å². The molecule has 3 aliphatic carbocycles. The number of carbonyl (C=O) groups is 1. The van der Waals surface area contributed by atoms with Crippen molar-refractivity contribution in [2.75, 3.05) is 0 Å². The predicted octanol–water partition coefficient (Wildman–Crippen LogP) is 3.25. The highest BCUT2D eigenvalue weighted by molar-refractivity contribution is 5.95. The molecule has 0 unspecified atom stereocenters. The van der Waals surface area contributed by atoms with Gasteiger partial charge in [-0.2, -0.15) is 0 Å². The van der Waals surface area contributed by atoms with Gasteiger partial charge in [-0.3, -0.25) is 9.59 Å². The first-order valence-electron chi connectivity index (χ1n) is 9.35. The molecule has 1 aliphatic heterocycles. The summed E-state index contributed by atoms with van der Waals surface area (Å²) in [5, 5.41) is 41.0. The Hall–Kier alpha value is -3.48. The molecular weight excluding hydrogens is 376 g/mol. The second kappa shape index (κ2) is 5.76. The van der Waals surface area contributed by atoms with Gasteiger partial charge < -0.3 is 24.8 Å². The van der Waals surface area contributed by atoms with E-state index in [-0.39, 0.29) is 29.1 Å². The van der Waals surface area contributed by atoms with Gasteiger partial charge in [0.2, 0.25) is 16.9 Å². The lowest BCUT2D eigenvalue weighted by atomic mass is 9.75. The zero-order valence-electron chi connectivity index (χ0n) is 15.4. The van der Waals surface area contributed by atoms with Crippen LogP contribution in [0.5, 0.6) is 17.2 Å². The molecule has 0 saturated heterocycles. The summed E-state index contributed by atoms with van der Waals surface area (Å²) in [5.74, 6) is -3.84. The minimum atomic E-state index is -0.923. The molecular formula is C22H18O7. The van der Waals surface area contributed by atoms with Crippen LogP contribution in [0.25, 0.3) is 22.3 Å².